The Balaban J connectivity index is 2.13. The molecule has 0 aliphatic heterocycles. The fourth-order valence-corrected chi connectivity index (χ4v) is 2.80. The van der Waals surface area contributed by atoms with Crippen LogP contribution >= 0.6 is 0 Å². The number of furan rings is 1. The summed E-state index contributed by atoms with van der Waals surface area (Å²) in [6.07, 6.45) is 4.25. The lowest BCUT2D eigenvalue weighted by Crippen LogP contribution is -2.26. The topological polar surface area (TPSA) is 103 Å². The summed E-state index contributed by atoms with van der Waals surface area (Å²) in [5.74, 6) is 0.554. The van der Waals surface area contributed by atoms with Gasteiger partial charge in [-0.1, -0.05) is 0 Å². The third kappa shape index (κ3) is 3.22. The van der Waals surface area contributed by atoms with E-state index in [0.717, 1.165) is 0 Å². The highest BCUT2D eigenvalue weighted by Gasteiger charge is 2.21. The van der Waals surface area contributed by atoms with Gasteiger partial charge in [0.05, 0.1) is 25.0 Å². The van der Waals surface area contributed by atoms with Crippen LogP contribution in [0.2, 0.25) is 0 Å². The number of sulfonamides is 1. The zero-order chi connectivity index (χ0) is 13.9. The van der Waals surface area contributed by atoms with Crippen molar-refractivity contribution in [3.63, 3.8) is 0 Å². The van der Waals surface area contributed by atoms with Crippen molar-refractivity contribution in [3.8, 4) is 0 Å². The summed E-state index contributed by atoms with van der Waals surface area (Å²) >= 11 is 0. The van der Waals surface area contributed by atoms with Crippen LogP contribution in [0.5, 0.6) is 0 Å². The molecule has 0 fully saturated rings. The SMILES string of the molecule is CC(NS(=O)(=O)c1cnn(CCN)c1)c1ccco1. The van der Waals surface area contributed by atoms with Gasteiger partial charge in [0.15, 0.2) is 0 Å². The van der Waals surface area contributed by atoms with Gasteiger partial charge in [-0.15, -0.1) is 0 Å². The number of aromatic nitrogens is 2. The molecule has 0 bridgehead atoms. The Hall–Kier alpha value is -1.64. The minimum Gasteiger partial charge on any atom is -0.468 e. The second kappa shape index (κ2) is 5.55. The maximum atomic E-state index is 12.1. The normalized spacial score (nSPS) is 13.6. The van der Waals surface area contributed by atoms with E-state index in [0.29, 0.717) is 18.8 Å². The lowest BCUT2D eigenvalue weighted by atomic mass is 10.3. The average molecular weight is 284 g/mol. The van der Waals surface area contributed by atoms with Gasteiger partial charge in [-0.2, -0.15) is 5.10 Å². The Morgan fingerprint density at radius 3 is 3.00 bits per heavy atom. The van der Waals surface area contributed by atoms with Gasteiger partial charge < -0.3 is 10.2 Å². The number of hydrogen-bond acceptors (Lipinski definition) is 5. The minimum atomic E-state index is -3.62. The van der Waals surface area contributed by atoms with E-state index >= 15 is 0 Å². The molecule has 104 valence electrons. The highest BCUT2D eigenvalue weighted by atomic mass is 32.2. The van der Waals surface area contributed by atoms with Crippen molar-refractivity contribution in [2.45, 2.75) is 24.4 Å². The number of hydrogen-bond donors (Lipinski definition) is 2. The van der Waals surface area contributed by atoms with Crippen LogP contribution in [-0.4, -0.2) is 24.7 Å². The molecule has 0 spiro atoms. The van der Waals surface area contributed by atoms with Crippen molar-refractivity contribution in [1.29, 1.82) is 0 Å². The van der Waals surface area contributed by atoms with Gasteiger partial charge in [0.1, 0.15) is 10.7 Å². The maximum Gasteiger partial charge on any atom is 0.244 e. The molecule has 19 heavy (non-hydrogen) atoms. The second-order valence-electron chi connectivity index (χ2n) is 4.09. The van der Waals surface area contributed by atoms with Crippen LogP contribution in [0.25, 0.3) is 0 Å². The highest BCUT2D eigenvalue weighted by molar-refractivity contribution is 7.89. The molecule has 0 aliphatic rings. The van der Waals surface area contributed by atoms with E-state index < -0.39 is 16.1 Å². The third-order valence-electron chi connectivity index (χ3n) is 2.58. The highest BCUT2D eigenvalue weighted by Crippen LogP contribution is 2.16. The predicted octanol–water partition coefficient (Wildman–Crippen LogP) is 0.474. The Bertz CT molecular complexity index is 618. The molecule has 8 heteroatoms. The van der Waals surface area contributed by atoms with Gasteiger partial charge in [0.25, 0.3) is 0 Å². The summed E-state index contributed by atoms with van der Waals surface area (Å²) in [6, 6.07) is 2.97. The van der Waals surface area contributed by atoms with Gasteiger partial charge >= 0.3 is 0 Å². The van der Waals surface area contributed by atoms with Crippen LogP contribution in [0.4, 0.5) is 0 Å². The van der Waals surface area contributed by atoms with Crippen molar-refractivity contribution >= 4 is 10.0 Å². The molecule has 2 aromatic heterocycles. The Morgan fingerprint density at radius 2 is 2.37 bits per heavy atom. The van der Waals surface area contributed by atoms with Gasteiger partial charge in [-0.25, -0.2) is 13.1 Å². The molecule has 0 aliphatic carbocycles. The summed E-state index contributed by atoms with van der Waals surface area (Å²) in [6.45, 7) is 2.58. The third-order valence-corrected chi connectivity index (χ3v) is 4.08. The first-order valence-corrected chi connectivity index (χ1v) is 7.29. The first kappa shape index (κ1) is 13.8. The summed E-state index contributed by atoms with van der Waals surface area (Å²) in [5, 5.41) is 3.94. The maximum absolute atomic E-state index is 12.1. The van der Waals surface area contributed by atoms with Crippen LogP contribution < -0.4 is 10.5 Å². The Kier molecular flexibility index (Phi) is 4.03. The Labute approximate surface area is 111 Å². The van der Waals surface area contributed by atoms with Crippen LogP contribution in [-0.2, 0) is 16.6 Å². The summed E-state index contributed by atoms with van der Waals surface area (Å²) in [4.78, 5) is 0.111. The van der Waals surface area contributed by atoms with Gasteiger partial charge in [0.2, 0.25) is 10.0 Å². The van der Waals surface area contributed by atoms with Crippen molar-refractivity contribution in [3.05, 3.63) is 36.5 Å². The van der Waals surface area contributed by atoms with E-state index in [1.54, 1.807) is 19.1 Å². The van der Waals surface area contributed by atoms with Crippen LogP contribution in [0, 0.1) is 0 Å². The molecule has 0 amide bonds. The molecule has 0 saturated carbocycles. The number of nitrogens with one attached hydrogen (secondary N) is 1. The van der Waals surface area contributed by atoms with Crippen molar-refractivity contribution < 1.29 is 12.8 Å². The molecule has 1 atom stereocenters. The predicted molar refractivity (Wildman–Crippen MR) is 68.7 cm³/mol. The van der Waals surface area contributed by atoms with E-state index in [9.17, 15) is 8.42 Å². The van der Waals surface area contributed by atoms with Gasteiger partial charge in [-0.05, 0) is 19.1 Å². The second-order valence-corrected chi connectivity index (χ2v) is 5.80. The van der Waals surface area contributed by atoms with Crippen LogP contribution in [0.1, 0.15) is 18.7 Å². The van der Waals surface area contributed by atoms with E-state index in [1.807, 2.05) is 0 Å². The van der Waals surface area contributed by atoms with Crippen LogP contribution in [0.3, 0.4) is 0 Å². The molecule has 7 nitrogen and oxygen atoms in total. The van der Waals surface area contributed by atoms with E-state index in [-0.39, 0.29) is 4.90 Å². The average Bonchev–Trinajstić information content (AvgIpc) is 2.99. The van der Waals surface area contributed by atoms with Gasteiger partial charge in [0, 0.05) is 12.7 Å². The van der Waals surface area contributed by atoms with Gasteiger partial charge in [-0.3, -0.25) is 4.68 Å². The smallest absolute Gasteiger partial charge is 0.244 e. The summed E-state index contributed by atoms with van der Waals surface area (Å²) in [7, 11) is -3.62. The number of nitrogens with two attached hydrogens (primary N) is 1. The quantitative estimate of drug-likeness (QED) is 0.802. The summed E-state index contributed by atoms with van der Waals surface area (Å²) < 4.78 is 33.4. The van der Waals surface area contributed by atoms with E-state index in [2.05, 4.69) is 9.82 Å². The lowest BCUT2D eigenvalue weighted by Gasteiger charge is -2.10. The van der Waals surface area contributed by atoms with Crippen LogP contribution in [0.15, 0.2) is 40.1 Å². The van der Waals surface area contributed by atoms with E-state index in [4.69, 9.17) is 10.2 Å². The standard InChI is InChI=1S/C11H16N4O3S/c1-9(11-3-2-6-18-11)14-19(16,17)10-7-13-15(8-10)5-4-12/h2-3,6-9,14H,4-5,12H2,1H3. The first-order chi connectivity index (χ1) is 9.03. The molecule has 2 heterocycles. The fourth-order valence-electron chi connectivity index (χ4n) is 1.63. The molecular formula is C11H16N4O3S. The van der Waals surface area contributed by atoms with Crippen molar-refractivity contribution in [2.75, 3.05) is 6.54 Å². The molecule has 2 rings (SSSR count). The molecule has 0 radical (unpaired) electrons. The van der Waals surface area contributed by atoms with E-state index in [1.165, 1.54) is 23.3 Å². The largest absolute Gasteiger partial charge is 0.468 e. The summed E-state index contributed by atoms with van der Waals surface area (Å²) in [5.41, 5.74) is 5.39. The number of nitrogens with zero attached hydrogens (tertiary/aromatic N) is 2. The molecule has 1 unspecified atom stereocenters. The minimum absolute atomic E-state index is 0.111. The zero-order valence-corrected chi connectivity index (χ0v) is 11.3. The monoisotopic (exact) mass is 284 g/mol. The molecule has 3 N–H and O–H groups in total. The first-order valence-electron chi connectivity index (χ1n) is 5.81. The molecule has 0 saturated heterocycles. The molecular weight excluding hydrogens is 268 g/mol. The lowest BCUT2D eigenvalue weighted by molar-refractivity contribution is 0.459. The zero-order valence-electron chi connectivity index (χ0n) is 10.5. The van der Waals surface area contributed by atoms with Crippen molar-refractivity contribution in [2.24, 2.45) is 5.73 Å². The fraction of sp³-hybridized carbons (Fsp3) is 0.364. The van der Waals surface area contributed by atoms with Crippen molar-refractivity contribution in [1.82, 2.24) is 14.5 Å². The molecule has 2 aromatic rings. The Morgan fingerprint density at radius 1 is 1.58 bits per heavy atom. The number of rotatable bonds is 6. The molecule has 0 aromatic carbocycles.